The fraction of sp³-hybridized carbons (Fsp3) is 0.429. The molecule has 2 heterocycles. The Balaban J connectivity index is 1.50. The summed E-state index contributed by atoms with van der Waals surface area (Å²) in [6.07, 6.45) is 7.39. The van der Waals surface area contributed by atoms with Crippen molar-refractivity contribution in [2.24, 2.45) is 11.1 Å². The van der Waals surface area contributed by atoms with Gasteiger partial charge in [-0.1, -0.05) is 6.07 Å². The van der Waals surface area contributed by atoms with E-state index in [4.69, 9.17) is 5.14 Å². The number of amides is 1. The van der Waals surface area contributed by atoms with Crippen molar-refractivity contribution >= 4 is 38.6 Å². The zero-order valence-corrected chi connectivity index (χ0v) is 18.9. The molecule has 1 aromatic carbocycles. The van der Waals surface area contributed by atoms with Gasteiger partial charge < -0.3 is 10.6 Å². The highest BCUT2D eigenvalue weighted by molar-refractivity contribution is 7.89. The van der Waals surface area contributed by atoms with E-state index in [-0.39, 0.29) is 16.8 Å². The molecule has 11 heteroatoms. The molecule has 0 unspecified atom stereocenters. The monoisotopic (exact) mass is 457 g/mol. The fourth-order valence-corrected chi connectivity index (χ4v) is 5.00. The molecule has 10 nitrogen and oxygen atoms in total. The Bertz CT molecular complexity index is 1250. The standard InChI is InChI=1S/C21H27N7O3S/c1-13-3-6-18(9-19(13)32(22,30)31)26-21-23-10-16-11-24-28(20(16)27-21)12-15-4-7-17(8-5-15)25-14(2)29/h3,6,9-11,15,17H,4-5,7-8,12H2,1-2H3,(H,25,29)(H2,22,30,31)(H,23,26,27)/t15-,17+. The second-order valence-electron chi connectivity index (χ2n) is 8.37. The van der Waals surface area contributed by atoms with Crippen molar-refractivity contribution in [2.45, 2.75) is 57.0 Å². The molecule has 0 bridgehead atoms. The summed E-state index contributed by atoms with van der Waals surface area (Å²) in [5, 5.41) is 16.7. The van der Waals surface area contributed by atoms with E-state index in [1.165, 1.54) is 6.07 Å². The summed E-state index contributed by atoms with van der Waals surface area (Å²) in [6, 6.07) is 5.17. The summed E-state index contributed by atoms with van der Waals surface area (Å²) < 4.78 is 25.5. The first-order valence-electron chi connectivity index (χ1n) is 10.5. The van der Waals surface area contributed by atoms with Crippen LogP contribution < -0.4 is 15.8 Å². The maximum atomic E-state index is 11.8. The molecule has 1 fully saturated rings. The van der Waals surface area contributed by atoms with Crippen molar-refractivity contribution in [3.8, 4) is 0 Å². The second-order valence-corrected chi connectivity index (χ2v) is 9.90. The summed E-state index contributed by atoms with van der Waals surface area (Å²) in [7, 11) is -3.83. The molecule has 1 aliphatic carbocycles. The van der Waals surface area contributed by atoms with Crippen LogP contribution in [0.15, 0.2) is 35.5 Å². The van der Waals surface area contributed by atoms with Gasteiger partial charge in [0.2, 0.25) is 21.9 Å². The predicted octanol–water partition coefficient (Wildman–Crippen LogP) is 2.22. The Kier molecular flexibility index (Phi) is 6.11. The van der Waals surface area contributed by atoms with Crippen molar-refractivity contribution in [1.29, 1.82) is 0 Å². The van der Waals surface area contributed by atoms with E-state index < -0.39 is 10.0 Å². The topological polar surface area (TPSA) is 145 Å². The van der Waals surface area contributed by atoms with Gasteiger partial charge in [0.15, 0.2) is 5.65 Å². The molecule has 3 aromatic rings. The zero-order chi connectivity index (χ0) is 22.9. The first kappa shape index (κ1) is 22.2. The van der Waals surface area contributed by atoms with E-state index in [2.05, 4.69) is 25.7 Å². The molecular weight excluding hydrogens is 430 g/mol. The summed E-state index contributed by atoms with van der Waals surface area (Å²) in [6.45, 7) is 3.99. The zero-order valence-electron chi connectivity index (χ0n) is 18.1. The number of sulfonamides is 1. The van der Waals surface area contributed by atoms with Crippen LogP contribution in [0.3, 0.4) is 0 Å². The average molecular weight is 458 g/mol. The van der Waals surface area contributed by atoms with Crippen LogP contribution in [0.1, 0.15) is 38.2 Å². The number of carbonyl (C=O) groups excluding carboxylic acids is 1. The van der Waals surface area contributed by atoms with Gasteiger partial charge in [0.25, 0.3) is 0 Å². The Hall–Kier alpha value is -3.05. The first-order valence-corrected chi connectivity index (χ1v) is 12.1. The summed E-state index contributed by atoms with van der Waals surface area (Å²) >= 11 is 0. The van der Waals surface area contributed by atoms with Crippen LogP contribution in [0.5, 0.6) is 0 Å². The van der Waals surface area contributed by atoms with Gasteiger partial charge in [-0.15, -0.1) is 0 Å². The highest BCUT2D eigenvalue weighted by Gasteiger charge is 2.23. The fourth-order valence-electron chi connectivity index (χ4n) is 4.20. The third-order valence-electron chi connectivity index (χ3n) is 5.81. The van der Waals surface area contributed by atoms with Crippen LogP contribution in [-0.4, -0.2) is 40.1 Å². The maximum Gasteiger partial charge on any atom is 0.238 e. The quantitative estimate of drug-likeness (QED) is 0.514. The number of anilines is 2. The Morgan fingerprint density at radius 1 is 1.22 bits per heavy atom. The lowest BCUT2D eigenvalue weighted by molar-refractivity contribution is -0.119. The normalized spacial score (nSPS) is 19.1. The molecule has 4 rings (SSSR count). The number of aryl methyl sites for hydroxylation is 1. The minimum atomic E-state index is -3.83. The molecule has 0 atom stereocenters. The number of nitrogens with one attached hydrogen (secondary N) is 2. The third-order valence-corrected chi connectivity index (χ3v) is 6.87. The van der Waals surface area contributed by atoms with Crippen molar-refractivity contribution in [2.75, 3.05) is 5.32 Å². The minimum absolute atomic E-state index is 0.0213. The van der Waals surface area contributed by atoms with Gasteiger partial charge in [-0.2, -0.15) is 10.1 Å². The molecule has 1 aliphatic rings. The third kappa shape index (κ3) is 5.05. The van der Waals surface area contributed by atoms with Crippen LogP contribution in [0, 0.1) is 12.8 Å². The van der Waals surface area contributed by atoms with Crippen molar-refractivity contribution in [3.05, 3.63) is 36.2 Å². The average Bonchev–Trinajstić information content (AvgIpc) is 3.12. The van der Waals surface area contributed by atoms with Crippen LogP contribution in [-0.2, 0) is 21.4 Å². The Morgan fingerprint density at radius 3 is 2.66 bits per heavy atom. The SMILES string of the molecule is CC(=O)N[C@H]1CC[C@@H](Cn2ncc3cnc(Nc4ccc(C)c(S(N)(=O)=O)c4)nc32)CC1. The minimum Gasteiger partial charge on any atom is -0.354 e. The van der Waals surface area contributed by atoms with E-state index in [1.54, 1.807) is 38.4 Å². The van der Waals surface area contributed by atoms with Gasteiger partial charge in [-0.3, -0.25) is 4.79 Å². The molecule has 32 heavy (non-hydrogen) atoms. The number of carbonyl (C=O) groups is 1. The van der Waals surface area contributed by atoms with E-state index in [9.17, 15) is 13.2 Å². The molecule has 170 valence electrons. The van der Waals surface area contributed by atoms with Gasteiger partial charge in [0, 0.05) is 31.4 Å². The second kappa shape index (κ2) is 8.83. The van der Waals surface area contributed by atoms with Gasteiger partial charge in [0.05, 0.1) is 16.5 Å². The number of fused-ring (bicyclic) bond motifs is 1. The van der Waals surface area contributed by atoms with Gasteiger partial charge >= 0.3 is 0 Å². The lowest BCUT2D eigenvalue weighted by Crippen LogP contribution is -2.36. The lowest BCUT2D eigenvalue weighted by Gasteiger charge is -2.28. The van der Waals surface area contributed by atoms with Gasteiger partial charge in [-0.05, 0) is 56.2 Å². The number of hydrogen-bond acceptors (Lipinski definition) is 7. The van der Waals surface area contributed by atoms with E-state index in [0.717, 1.165) is 37.6 Å². The number of aromatic nitrogens is 4. The molecule has 4 N–H and O–H groups in total. The number of hydrogen-bond donors (Lipinski definition) is 3. The highest BCUT2D eigenvalue weighted by Crippen LogP contribution is 2.27. The smallest absolute Gasteiger partial charge is 0.238 e. The number of primary sulfonamides is 1. The number of nitrogens with two attached hydrogens (primary N) is 1. The number of benzene rings is 1. The maximum absolute atomic E-state index is 11.8. The highest BCUT2D eigenvalue weighted by atomic mass is 32.2. The molecule has 0 radical (unpaired) electrons. The van der Waals surface area contributed by atoms with E-state index in [1.807, 2.05) is 4.68 Å². The van der Waals surface area contributed by atoms with Crippen LogP contribution >= 0.6 is 0 Å². The molecule has 1 amide bonds. The number of rotatable bonds is 6. The van der Waals surface area contributed by atoms with Crippen molar-refractivity contribution < 1.29 is 13.2 Å². The Labute approximate surface area is 186 Å². The van der Waals surface area contributed by atoms with Gasteiger partial charge in [-0.25, -0.2) is 23.2 Å². The van der Waals surface area contributed by atoms with Crippen LogP contribution in [0.25, 0.3) is 11.0 Å². The van der Waals surface area contributed by atoms with Crippen LogP contribution in [0.2, 0.25) is 0 Å². The molecule has 2 aromatic heterocycles. The molecule has 0 saturated heterocycles. The Morgan fingerprint density at radius 2 is 1.97 bits per heavy atom. The summed E-state index contributed by atoms with van der Waals surface area (Å²) in [5.74, 6) is 0.828. The van der Waals surface area contributed by atoms with Crippen LogP contribution in [0.4, 0.5) is 11.6 Å². The van der Waals surface area contributed by atoms with Gasteiger partial charge in [0.1, 0.15) is 0 Å². The number of nitrogens with zero attached hydrogens (tertiary/aromatic N) is 4. The van der Waals surface area contributed by atoms with Crippen molar-refractivity contribution in [1.82, 2.24) is 25.1 Å². The van der Waals surface area contributed by atoms with Crippen molar-refractivity contribution in [3.63, 3.8) is 0 Å². The molecule has 0 spiro atoms. The lowest BCUT2D eigenvalue weighted by atomic mass is 9.86. The van der Waals surface area contributed by atoms with E-state index >= 15 is 0 Å². The molecule has 0 aliphatic heterocycles. The molecule has 1 saturated carbocycles. The first-order chi connectivity index (χ1) is 15.2. The summed E-state index contributed by atoms with van der Waals surface area (Å²) in [5.41, 5.74) is 1.81. The molecular formula is C21H27N7O3S. The largest absolute Gasteiger partial charge is 0.354 e. The predicted molar refractivity (Wildman–Crippen MR) is 121 cm³/mol. The summed E-state index contributed by atoms with van der Waals surface area (Å²) in [4.78, 5) is 20.2. The van der Waals surface area contributed by atoms with E-state index in [0.29, 0.717) is 28.8 Å².